The van der Waals surface area contributed by atoms with Crippen LogP contribution in [-0.4, -0.2) is 42.2 Å². The van der Waals surface area contributed by atoms with E-state index in [1.165, 1.54) is 0 Å². The van der Waals surface area contributed by atoms with E-state index in [1.54, 1.807) is 44.8 Å². The van der Waals surface area contributed by atoms with Gasteiger partial charge in [-0.15, -0.1) is 0 Å². The fraction of sp³-hybridized carbons (Fsp3) is 0.421. The highest BCUT2D eigenvalue weighted by atomic mass is 16.5. The molecular formula is C19H24N4O3. The SMILES string of the molecule is COc1cccc(OC)c1C(=O)N[C@H]1CCC[C@@H]1Nc1ncc(C)cn1. The maximum absolute atomic E-state index is 12.9. The maximum Gasteiger partial charge on any atom is 0.259 e. The Morgan fingerprint density at radius 2 is 1.69 bits per heavy atom. The number of methoxy groups -OCH3 is 2. The van der Waals surface area contributed by atoms with Crippen molar-refractivity contribution < 1.29 is 14.3 Å². The van der Waals surface area contributed by atoms with E-state index < -0.39 is 0 Å². The quantitative estimate of drug-likeness (QED) is 0.827. The van der Waals surface area contributed by atoms with Crippen LogP contribution in [0.15, 0.2) is 30.6 Å². The molecule has 1 fully saturated rings. The molecule has 138 valence electrons. The molecule has 2 atom stereocenters. The van der Waals surface area contributed by atoms with Gasteiger partial charge in [-0.25, -0.2) is 9.97 Å². The van der Waals surface area contributed by atoms with Crippen LogP contribution in [0.5, 0.6) is 11.5 Å². The van der Waals surface area contributed by atoms with Crippen LogP contribution in [0, 0.1) is 6.92 Å². The number of benzene rings is 1. The van der Waals surface area contributed by atoms with Gasteiger partial charge in [-0.05, 0) is 43.9 Å². The van der Waals surface area contributed by atoms with Crippen LogP contribution in [0.4, 0.5) is 5.95 Å². The average molecular weight is 356 g/mol. The first kappa shape index (κ1) is 18.0. The van der Waals surface area contributed by atoms with Gasteiger partial charge in [-0.3, -0.25) is 4.79 Å². The summed E-state index contributed by atoms with van der Waals surface area (Å²) in [6.07, 6.45) is 6.42. The Hall–Kier alpha value is -2.83. The Labute approximate surface area is 153 Å². The third-order valence-electron chi connectivity index (χ3n) is 4.58. The van der Waals surface area contributed by atoms with Gasteiger partial charge in [0, 0.05) is 24.5 Å². The van der Waals surface area contributed by atoms with Crippen LogP contribution in [0.25, 0.3) is 0 Å². The fourth-order valence-corrected chi connectivity index (χ4v) is 3.25. The molecule has 0 aliphatic heterocycles. The van der Waals surface area contributed by atoms with Crippen molar-refractivity contribution in [2.75, 3.05) is 19.5 Å². The molecule has 1 aromatic heterocycles. The lowest BCUT2D eigenvalue weighted by Gasteiger charge is -2.23. The normalized spacial score (nSPS) is 19.0. The zero-order valence-corrected chi connectivity index (χ0v) is 15.3. The molecule has 0 saturated heterocycles. The van der Waals surface area contributed by atoms with E-state index in [4.69, 9.17) is 9.47 Å². The largest absolute Gasteiger partial charge is 0.496 e. The van der Waals surface area contributed by atoms with Crippen LogP contribution in [0.2, 0.25) is 0 Å². The second-order valence-electron chi connectivity index (χ2n) is 6.38. The van der Waals surface area contributed by atoms with Crippen molar-refractivity contribution >= 4 is 11.9 Å². The predicted octanol–water partition coefficient (Wildman–Crippen LogP) is 2.57. The molecule has 0 bridgehead atoms. The van der Waals surface area contributed by atoms with Gasteiger partial charge in [0.15, 0.2) is 0 Å². The number of hydrogen-bond donors (Lipinski definition) is 2. The number of carbonyl (C=O) groups is 1. The number of hydrogen-bond acceptors (Lipinski definition) is 6. The summed E-state index contributed by atoms with van der Waals surface area (Å²) in [7, 11) is 3.08. The fourth-order valence-electron chi connectivity index (χ4n) is 3.25. The van der Waals surface area contributed by atoms with Crippen molar-refractivity contribution in [3.8, 4) is 11.5 Å². The number of nitrogens with zero attached hydrogens (tertiary/aromatic N) is 2. The molecule has 1 aromatic carbocycles. The number of anilines is 1. The molecule has 0 spiro atoms. The van der Waals surface area contributed by atoms with Crippen LogP contribution < -0.4 is 20.1 Å². The number of rotatable bonds is 6. The highest BCUT2D eigenvalue weighted by molar-refractivity contribution is 6.00. The topological polar surface area (TPSA) is 85.4 Å². The van der Waals surface area contributed by atoms with E-state index in [2.05, 4.69) is 20.6 Å². The molecule has 1 heterocycles. The second kappa shape index (κ2) is 8.03. The van der Waals surface area contributed by atoms with Crippen molar-refractivity contribution in [2.45, 2.75) is 38.3 Å². The van der Waals surface area contributed by atoms with Crippen LogP contribution in [0.1, 0.15) is 35.2 Å². The summed E-state index contributed by atoms with van der Waals surface area (Å²) >= 11 is 0. The third-order valence-corrected chi connectivity index (χ3v) is 4.58. The summed E-state index contributed by atoms with van der Waals surface area (Å²) in [5, 5.41) is 6.44. The van der Waals surface area contributed by atoms with E-state index in [9.17, 15) is 4.79 Å². The minimum atomic E-state index is -0.206. The second-order valence-corrected chi connectivity index (χ2v) is 6.38. The Bertz CT molecular complexity index is 742. The zero-order chi connectivity index (χ0) is 18.5. The van der Waals surface area contributed by atoms with Crippen LogP contribution in [-0.2, 0) is 0 Å². The van der Waals surface area contributed by atoms with E-state index in [-0.39, 0.29) is 18.0 Å². The first-order chi connectivity index (χ1) is 12.6. The molecule has 3 rings (SSSR count). The minimum absolute atomic E-state index is 0.0120. The maximum atomic E-state index is 12.9. The van der Waals surface area contributed by atoms with Crippen molar-refractivity contribution in [1.29, 1.82) is 0 Å². The van der Waals surface area contributed by atoms with Gasteiger partial charge < -0.3 is 20.1 Å². The number of ether oxygens (including phenoxy) is 2. The van der Waals surface area contributed by atoms with Crippen molar-refractivity contribution in [3.63, 3.8) is 0 Å². The number of carbonyl (C=O) groups excluding carboxylic acids is 1. The number of aryl methyl sites for hydroxylation is 1. The van der Waals surface area contributed by atoms with Gasteiger partial charge in [-0.1, -0.05) is 6.07 Å². The highest BCUT2D eigenvalue weighted by Crippen LogP contribution is 2.29. The molecule has 7 heteroatoms. The number of amides is 1. The summed E-state index contributed by atoms with van der Waals surface area (Å²) < 4.78 is 10.7. The lowest BCUT2D eigenvalue weighted by atomic mass is 10.1. The summed E-state index contributed by atoms with van der Waals surface area (Å²) in [4.78, 5) is 21.5. The van der Waals surface area contributed by atoms with Gasteiger partial charge in [-0.2, -0.15) is 0 Å². The molecule has 2 aromatic rings. The number of nitrogens with one attached hydrogen (secondary N) is 2. The summed E-state index contributed by atoms with van der Waals surface area (Å²) in [6.45, 7) is 1.95. The standard InChI is InChI=1S/C19H24N4O3/c1-12-10-20-19(21-11-12)23-14-7-4-6-13(14)22-18(24)17-15(25-2)8-5-9-16(17)26-3/h5,8-11,13-14H,4,6-7H2,1-3H3,(H,22,24)(H,20,21,23)/t13-,14-/m0/s1. The molecule has 26 heavy (non-hydrogen) atoms. The average Bonchev–Trinajstić information content (AvgIpc) is 3.09. The summed E-state index contributed by atoms with van der Waals surface area (Å²) in [5.41, 5.74) is 1.42. The Morgan fingerprint density at radius 1 is 1.08 bits per heavy atom. The van der Waals surface area contributed by atoms with Gasteiger partial charge in [0.25, 0.3) is 5.91 Å². The van der Waals surface area contributed by atoms with E-state index in [0.717, 1.165) is 24.8 Å². The summed E-state index contributed by atoms with van der Waals surface area (Å²) in [6, 6.07) is 5.37. The molecule has 7 nitrogen and oxygen atoms in total. The van der Waals surface area contributed by atoms with Crippen LogP contribution in [0.3, 0.4) is 0 Å². The highest BCUT2D eigenvalue weighted by Gasteiger charge is 2.31. The summed E-state index contributed by atoms with van der Waals surface area (Å²) in [5.74, 6) is 1.36. The molecule has 2 N–H and O–H groups in total. The Morgan fingerprint density at radius 3 is 2.31 bits per heavy atom. The lowest BCUT2D eigenvalue weighted by Crippen LogP contribution is -2.43. The van der Waals surface area contributed by atoms with E-state index in [0.29, 0.717) is 23.0 Å². The Kier molecular flexibility index (Phi) is 5.55. The Balaban J connectivity index is 1.73. The van der Waals surface area contributed by atoms with E-state index in [1.807, 2.05) is 6.92 Å². The predicted molar refractivity (Wildman–Crippen MR) is 98.8 cm³/mol. The van der Waals surface area contributed by atoms with Crippen LogP contribution >= 0.6 is 0 Å². The van der Waals surface area contributed by atoms with Crippen molar-refractivity contribution in [3.05, 3.63) is 41.7 Å². The smallest absolute Gasteiger partial charge is 0.259 e. The molecular weight excluding hydrogens is 332 g/mol. The first-order valence-electron chi connectivity index (χ1n) is 8.69. The lowest BCUT2D eigenvalue weighted by molar-refractivity contribution is 0.0929. The molecule has 1 amide bonds. The van der Waals surface area contributed by atoms with Gasteiger partial charge in [0.1, 0.15) is 17.1 Å². The van der Waals surface area contributed by atoms with Gasteiger partial charge >= 0.3 is 0 Å². The minimum Gasteiger partial charge on any atom is -0.496 e. The van der Waals surface area contributed by atoms with Crippen molar-refractivity contribution in [2.24, 2.45) is 0 Å². The zero-order valence-electron chi connectivity index (χ0n) is 15.3. The number of aromatic nitrogens is 2. The van der Waals surface area contributed by atoms with Gasteiger partial charge in [0.05, 0.1) is 14.2 Å². The monoisotopic (exact) mass is 356 g/mol. The molecule has 1 aliphatic rings. The molecule has 1 saturated carbocycles. The molecule has 0 unspecified atom stereocenters. The first-order valence-corrected chi connectivity index (χ1v) is 8.69. The van der Waals surface area contributed by atoms with E-state index >= 15 is 0 Å². The third kappa shape index (κ3) is 3.87. The molecule has 0 radical (unpaired) electrons. The van der Waals surface area contributed by atoms with Gasteiger partial charge in [0.2, 0.25) is 5.95 Å². The van der Waals surface area contributed by atoms with Crippen molar-refractivity contribution in [1.82, 2.24) is 15.3 Å². The molecule has 1 aliphatic carbocycles.